The lowest BCUT2D eigenvalue weighted by atomic mass is 10.0. The lowest BCUT2D eigenvalue weighted by molar-refractivity contribution is -0.140. The Morgan fingerprint density at radius 2 is 1.88 bits per heavy atom. The van der Waals surface area contributed by atoms with E-state index < -0.39 is 6.04 Å². The standard InChI is InChI=1S/C25H40N6O3/c1-4-11-20-18-21(29-25(28-20)31-17-14-26-19-31)23(30-15-8-7-9-16-30)24(32)27-13-10-12-22(33-5-2)34-6-3/h14,17-19,22-23H,4-13,15-16H2,1-3H3,(H,27,32). The first-order valence-electron chi connectivity index (χ1n) is 12.8. The molecule has 1 saturated heterocycles. The zero-order valence-electron chi connectivity index (χ0n) is 20.9. The summed E-state index contributed by atoms with van der Waals surface area (Å²) in [5.74, 6) is 0.550. The SMILES string of the molecule is CCCc1cc(C(C(=O)NCCCC(OCC)OCC)N2CCCCC2)nc(-n2ccnc2)n1. The maximum absolute atomic E-state index is 13.5. The van der Waals surface area contributed by atoms with Gasteiger partial charge < -0.3 is 14.8 Å². The third-order valence-electron chi connectivity index (χ3n) is 5.93. The smallest absolute Gasteiger partial charge is 0.243 e. The van der Waals surface area contributed by atoms with E-state index in [1.165, 1.54) is 6.42 Å². The molecule has 1 aliphatic heterocycles. The fourth-order valence-corrected chi connectivity index (χ4v) is 4.35. The first kappa shape index (κ1) is 26.2. The number of hydrogen-bond donors (Lipinski definition) is 1. The molecule has 3 rings (SSSR count). The molecule has 1 atom stereocenters. The highest BCUT2D eigenvalue weighted by Crippen LogP contribution is 2.25. The lowest BCUT2D eigenvalue weighted by Gasteiger charge is -2.33. The quantitative estimate of drug-likeness (QED) is 0.332. The largest absolute Gasteiger partial charge is 0.354 e. The van der Waals surface area contributed by atoms with Crippen molar-refractivity contribution < 1.29 is 14.3 Å². The molecule has 34 heavy (non-hydrogen) atoms. The molecule has 0 radical (unpaired) electrons. The number of aryl methyl sites for hydroxylation is 1. The van der Waals surface area contributed by atoms with Gasteiger partial charge in [0.15, 0.2) is 6.29 Å². The Kier molecular flexibility index (Phi) is 10.9. The van der Waals surface area contributed by atoms with E-state index in [1.54, 1.807) is 17.1 Å². The van der Waals surface area contributed by atoms with Crippen LogP contribution in [0.3, 0.4) is 0 Å². The van der Waals surface area contributed by atoms with Crippen LogP contribution in [-0.4, -0.2) is 69.5 Å². The van der Waals surface area contributed by atoms with Gasteiger partial charge >= 0.3 is 0 Å². The monoisotopic (exact) mass is 472 g/mol. The number of nitrogens with one attached hydrogen (secondary N) is 1. The molecule has 0 bridgehead atoms. The first-order chi connectivity index (χ1) is 16.7. The number of likely N-dealkylation sites (tertiary alicyclic amines) is 1. The van der Waals surface area contributed by atoms with Crippen molar-refractivity contribution in [3.63, 3.8) is 0 Å². The molecule has 9 heteroatoms. The number of amides is 1. The Labute approximate surface area is 203 Å². The van der Waals surface area contributed by atoms with Gasteiger partial charge in [0, 0.05) is 44.3 Å². The second kappa shape index (κ2) is 14.1. The summed E-state index contributed by atoms with van der Waals surface area (Å²) in [6, 6.07) is 1.57. The normalized spacial score (nSPS) is 15.5. The summed E-state index contributed by atoms with van der Waals surface area (Å²) in [4.78, 5) is 29.5. The van der Waals surface area contributed by atoms with Crippen LogP contribution in [0.15, 0.2) is 24.8 Å². The summed E-state index contributed by atoms with van der Waals surface area (Å²) in [6.45, 7) is 9.63. The minimum absolute atomic E-state index is 0.0102. The van der Waals surface area contributed by atoms with Crippen LogP contribution in [0.25, 0.3) is 5.95 Å². The van der Waals surface area contributed by atoms with E-state index in [9.17, 15) is 4.79 Å². The molecule has 1 amide bonds. The van der Waals surface area contributed by atoms with Crippen molar-refractivity contribution in [2.45, 2.75) is 78.0 Å². The average molecular weight is 473 g/mol. The number of ether oxygens (including phenoxy) is 2. The summed E-state index contributed by atoms with van der Waals surface area (Å²) >= 11 is 0. The number of hydrogen-bond acceptors (Lipinski definition) is 7. The van der Waals surface area contributed by atoms with Crippen molar-refractivity contribution in [3.8, 4) is 5.95 Å². The van der Waals surface area contributed by atoms with Crippen LogP contribution in [-0.2, 0) is 20.7 Å². The van der Waals surface area contributed by atoms with Crippen LogP contribution in [0.1, 0.15) is 76.7 Å². The molecule has 1 N–H and O–H groups in total. The van der Waals surface area contributed by atoms with Gasteiger partial charge in [0.1, 0.15) is 12.4 Å². The van der Waals surface area contributed by atoms with E-state index >= 15 is 0 Å². The third-order valence-corrected chi connectivity index (χ3v) is 5.93. The van der Waals surface area contributed by atoms with Crippen molar-refractivity contribution in [2.75, 3.05) is 32.8 Å². The first-order valence-corrected chi connectivity index (χ1v) is 12.8. The van der Waals surface area contributed by atoms with Crippen LogP contribution in [0.2, 0.25) is 0 Å². The number of piperidine rings is 1. The van der Waals surface area contributed by atoms with E-state index in [0.29, 0.717) is 25.7 Å². The highest BCUT2D eigenvalue weighted by molar-refractivity contribution is 5.82. The van der Waals surface area contributed by atoms with Gasteiger partial charge in [0.25, 0.3) is 0 Å². The van der Waals surface area contributed by atoms with Gasteiger partial charge in [-0.15, -0.1) is 0 Å². The number of nitrogens with zero attached hydrogens (tertiary/aromatic N) is 5. The van der Waals surface area contributed by atoms with E-state index in [1.807, 2.05) is 26.1 Å². The van der Waals surface area contributed by atoms with Gasteiger partial charge in [-0.05, 0) is 58.7 Å². The zero-order chi connectivity index (χ0) is 24.2. The number of rotatable bonds is 14. The second-order valence-corrected chi connectivity index (χ2v) is 8.58. The minimum atomic E-state index is -0.434. The third kappa shape index (κ3) is 7.58. The maximum Gasteiger partial charge on any atom is 0.243 e. The van der Waals surface area contributed by atoms with Gasteiger partial charge in [-0.3, -0.25) is 14.3 Å². The van der Waals surface area contributed by atoms with E-state index in [0.717, 1.165) is 63.0 Å². The van der Waals surface area contributed by atoms with Crippen LogP contribution >= 0.6 is 0 Å². The zero-order valence-corrected chi connectivity index (χ0v) is 20.9. The van der Waals surface area contributed by atoms with Crippen LogP contribution in [0.5, 0.6) is 0 Å². The molecular weight excluding hydrogens is 432 g/mol. The van der Waals surface area contributed by atoms with Gasteiger partial charge in [-0.25, -0.2) is 15.0 Å². The summed E-state index contributed by atoms with van der Waals surface area (Å²) in [5, 5.41) is 3.15. The van der Waals surface area contributed by atoms with Gasteiger partial charge in [-0.2, -0.15) is 0 Å². The molecule has 1 aliphatic rings. The number of carbonyl (C=O) groups excluding carboxylic acids is 1. The molecule has 0 spiro atoms. The molecule has 2 aromatic rings. The predicted molar refractivity (Wildman–Crippen MR) is 131 cm³/mol. The van der Waals surface area contributed by atoms with Crippen LogP contribution < -0.4 is 5.32 Å². The van der Waals surface area contributed by atoms with Crippen molar-refractivity contribution >= 4 is 5.91 Å². The van der Waals surface area contributed by atoms with Crippen molar-refractivity contribution in [3.05, 3.63) is 36.2 Å². The van der Waals surface area contributed by atoms with E-state index in [4.69, 9.17) is 19.4 Å². The molecule has 1 unspecified atom stereocenters. The van der Waals surface area contributed by atoms with Crippen molar-refractivity contribution in [1.82, 2.24) is 29.7 Å². The molecule has 1 fully saturated rings. The number of carbonyl (C=O) groups is 1. The number of aromatic nitrogens is 4. The minimum Gasteiger partial charge on any atom is -0.354 e. The molecule has 0 aliphatic carbocycles. The Morgan fingerprint density at radius 1 is 1.12 bits per heavy atom. The molecular formula is C25H40N6O3. The fraction of sp³-hybridized carbons (Fsp3) is 0.680. The Hall–Kier alpha value is -2.36. The Balaban J connectivity index is 1.77. The molecule has 2 aromatic heterocycles. The highest BCUT2D eigenvalue weighted by atomic mass is 16.7. The van der Waals surface area contributed by atoms with Crippen molar-refractivity contribution in [1.29, 1.82) is 0 Å². The highest BCUT2D eigenvalue weighted by Gasteiger charge is 2.31. The Bertz CT molecular complexity index is 848. The summed E-state index contributed by atoms with van der Waals surface area (Å²) in [7, 11) is 0. The predicted octanol–water partition coefficient (Wildman–Crippen LogP) is 3.44. The Morgan fingerprint density at radius 3 is 2.53 bits per heavy atom. The maximum atomic E-state index is 13.5. The molecule has 3 heterocycles. The topological polar surface area (TPSA) is 94.4 Å². The summed E-state index contributed by atoms with van der Waals surface area (Å²) in [6.07, 6.45) is 11.7. The van der Waals surface area contributed by atoms with Gasteiger partial charge in [0.2, 0.25) is 11.9 Å². The van der Waals surface area contributed by atoms with E-state index in [2.05, 4.69) is 22.1 Å². The molecule has 188 valence electrons. The number of imidazole rings is 1. The fourth-order valence-electron chi connectivity index (χ4n) is 4.35. The lowest BCUT2D eigenvalue weighted by Crippen LogP contribution is -2.43. The summed E-state index contributed by atoms with van der Waals surface area (Å²) in [5.41, 5.74) is 1.70. The molecule has 9 nitrogen and oxygen atoms in total. The molecule has 0 aromatic carbocycles. The van der Waals surface area contributed by atoms with Crippen molar-refractivity contribution in [2.24, 2.45) is 0 Å². The summed E-state index contributed by atoms with van der Waals surface area (Å²) < 4.78 is 13.0. The average Bonchev–Trinajstić information content (AvgIpc) is 3.38. The molecule has 0 saturated carbocycles. The van der Waals surface area contributed by atoms with Gasteiger partial charge in [-0.1, -0.05) is 19.8 Å². The van der Waals surface area contributed by atoms with Crippen LogP contribution in [0.4, 0.5) is 0 Å². The van der Waals surface area contributed by atoms with E-state index in [-0.39, 0.29) is 12.2 Å². The second-order valence-electron chi connectivity index (χ2n) is 8.58. The van der Waals surface area contributed by atoms with Gasteiger partial charge in [0.05, 0.1) is 5.69 Å². The van der Waals surface area contributed by atoms with Crippen LogP contribution in [0, 0.1) is 0 Å².